The van der Waals surface area contributed by atoms with E-state index in [-0.39, 0.29) is 0 Å². The van der Waals surface area contributed by atoms with E-state index in [0.29, 0.717) is 23.7 Å². The van der Waals surface area contributed by atoms with Gasteiger partial charge < -0.3 is 19.5 Å². The Hall–Kier alpha value is -3.29. The third-order valence-electron chi connectivity index (χ3n) is 3.04. The zero-order chi connectivity index (χ0) is 21.2. The van der Waals surface area contributed by atoms with Crippen molar-refractivity contribution in [1.82, 2.24) is 10.6 Å². The number of carbonyl (C=O) groups is 3. The molecule has 0 atom stereocenters. The second kappa shape index (κ2) is 10.8. The van der Waals surface area contributed by atoms with Crippen molar-refractivity contribution in [3.05, 3.63) is 42.5 Å². The number of amides is 3. The maximum absolute atomic E-state index is 11.7. The highest BCUT2D eigenvalue weighted by Gasteiger charge is 2.16. The first kappa shape index (κ1) is 22.8. The standard InChI is InChI=1S/C20H26N2O6/c1-6-11-27-15-9-7-14(12-16(15)26-5)8-10-18(24)28-13-17(23)21-19(25)22-20(2,3)4/h6-10,12H,1,11,13H2,2-5H3,(H2,21,22,23,25)/b10-8+. The molecule has 1 rings (SSSR count). The maximum Gasteiger partial charge on any atom is 0.331 e. The summed E-state index contributed by atoms with van der Waals surface area (Å²) >= 11 is 0. The fourth-order valence-electron chi connectivity index (χ4n) is 1.94. The van der Waals surface area contributed by atoms with E-state index < -0.39 is 30.1 Å². The monoisotopic (exact) mass is 390 g/mol. The zero-order valence-corrected chi connectivity index (χ0v) is 16.5. The smallest absolute Gasteiger partial charge is 0.331 e. The third-order valence-corrected chi connectivity index (χ3v) is 3.04. The molecule has 0 fully saturated rings. The predicted molar refractivity (Wildman–Crippen MR) is 105 cm³/mol. The third kappa shape index (κ3) is 8.88. The molecule has 1 aromatic rings. The molecule has 0 saturated carbocycles. The first-order valence-corrected chi connectivity index (χ1v) is 8.53. The van der Waals surface area contributed by atoms with Crippen molar-refractivity contribution < 1.29 is 28.6 Å². The number of carbonyl (C=O) groups excluding carboxylic acids is 3. The number of hydrogen-bond acceptors (Lipinski definition) is 6. The summed E-state index contributed by atoms with van der Waals surface area (Å²) in [4.78, 5) is 34.9. The molecule has 0 aliphatic carbocycles. The zero-order valence-electron chi connectivity index (χ0n) is 16.5. The average Bonchev–Trinajstić information content (AvgIpc) is 2.61. The summed E-state index contributed by atoms with van der Waals surface area (Å²) in [6.45, 7) is 8.67. The van der Waals surface area contributed by atoms with Crippen LogP contribution in [-0.4, -0.2) is 43.8 Å². The van der Waals surface area contributed by atoms with E-state index in [1.54, 1.807) is 45.0 Å². The molecule has 0 saturated heterocycles. The summed E-state index contributed by atoms with van der Waals surface area (Å²) in [6, 6.07) is 4.46. The molecule has 152 valence electrons. The molecule has 0 unspecified atom stereocenters. The van der Waals surface area contributed by atoms with Gasteiger partial charge in [0.1, 0.15) is 6.61 Å². The van der Waals surface area contributed by atoms with E-state index in [9.17, 15) is 14.4 Å². The van der Waals surface area contributed by atoms with Crippen LogP contribution in [0.1, 0.15) is 26.3 Å². The van der Waals surface area contributed by atoms with Gasteiger partial charge in [-0.3, -0.25) is 10.1 Å². The van der Waals surface area contributed by atoms with Crippen molar-refractivity contribution in [3.63, 3.8) is 0 Å². The van der Waals surface area contributed by atoms with Crippen LogP contribution in [0.15, 0.2) is 36.9 Å². The van der Waals surface area contributed by atoms with Gasteiger partial charge in [-0.05, 0) is 44.5 Å². The number of esters is 1. The number of benzene rings is 1. The van der Waals surface area contributed by atoms with E-state index in [2.05, 4.69) is 17.2 Å². The lowest BCUT2D eigenvalue weighted by Gasteiger charge is -2.20. The maximum atomic E-state index is 11.7. The minimum Gasteiger partial charge on any atom is -0.493 e. The molecule has 0 radical (unpaired) electrons. The number of nitrogens with one attached hydrogen (secondary N) is 2. The Morgan fingerprint density at radius 3 is 2.50 bits per heavy atom. The molecule has 1 aromatic carbocycles. The molecule has 28 heavy (non-hydrogen) atoms. The number of urea groups is 1. The van der Waals surface area contributed by atoms with Gasteiger partial charge in [0, 0.05) is 11.6 Å². The van der Waals surface area contributed by atoms with Crippen LogP contribution in [0, 0.1) is 0 Å². The molecule has 0 bridgehead atoms. The first-order chi connectivity index (χ1) is 13.1. The van der Waals surface area contributed by atoms with Crippen molar-refractivity contribution in [2.24, 2.45) is 0 Å². The lowest BCUT2D eigenvalue weighted by atomic mass is 10.1. The van der Waals surface area contributed by atoms with Gasteiger partial charge >= 0.3 is 12.0 Å². The minimum atomic E-state index is -0.728. The van der Waals surface area contributed by atoms with Crippen LogP contribution in [0.3, 0.4) is 0 Å². The van der Waals surface area contributed by atoms with Gasteiger partial charge in [0.25, 0.3) is 5.91 Å². The van der Waals surface area contributed by atoms with Crippen molar-refractivity contribution in [2.45, 2.75) is 26.3 Å². The van der Waals surface area contributed by atoms with Gasteiger partial charge in [-0.1, -0.05) is 18.7 Å². The largest absolute Gasteiger partial charge is 0.493 e. The highest BCUT2D eigenvalue weighted by molar-refractivity contribution is 5.96. The van der Waals surface area contributed by atoms with Crippen molar-refractivity contribution in [1.29, 1.82) is 0 Å². The molecule has 0 heterocycles. The van der Waals surface area contributed by atoms with E-state index in [1.165, 1.54) is 19.3 Å². The Bertz CT molecular complexity index is 750. The molecular weight excluding hydrogens is 364 g/mol. The van der Waals surface area contributed by atoms with Crippen molar-refractivity contribution in [3.8, 4) is 11.5 Å². The minimum absolute atomic E-state index is 0.341. The molecule has 0 aliphatic rings. The van der Waals surface area contributed by atoms with E-state index in [1.807, 2.05) is 0 Å². The highest BCUT2D eigenvalue weighted by Crippen LogP contribution is 2.28. The lowest BCUT2D eigenvalue weighted by molar-refractivity contribution is -0.143. The molecule has 0 aromatic heterocycles. The highest BCUT2D eigenvalue weighted by atomic mass is 16.5. The van der Waals surface area contributed by atoms with Gasteiger partial charge in [0.15, 0.2) is 18.1 Å². The summed E-state index contributed by atoms with van der Waals surface area (Å²) in [7, 11) is 1.51. The van der Waals surface area contributed by atoms with Gasteiger partial charge in [0.2, 0.25) is 0 Å². The number of ether oxygens (including phenoxy) is 3. The Balaban J connectivity index is 2.54. The van der Waals surface area contributed by atoms with Crippen molar-refractivity contribution >= 4 is 24.0 Å². The lowest BCUT2D eigenvalue weighted by Crippen LogP contribution is -2.49. The number of hydrogen-bond donors (Lipinski definition) is 2. The van der Waals surface area contributed by atoms with Crippen LogP contribution in [-0.2, 0) is 14.3 Å². The van der Waals surface area contributed by atoms with Gasteiger partial charge in [-0.2, -0.15) is 0 Å². The van der Waals surface area contributed by atoms with Crippen LogP contribution < -0.4 is 20.1 Å². The summed E-state index contributed by atoms with van der Waals surface area (Å²) < 4.78 is 15.5. The van der Waals surface area contributed by atoms with Crippen LogP contribution in [0.25, 0.3) is 6.08 Å². The number of rotatable bonds is 8. The number of methoxy groups -OCH3 is 1. The molecule has 8 heteroatoms. The Morgan fingerprint density at radius 1 is 1.18 bits per heavy atom. The van der Waals surface area contributed by atoms with Gasteiger partial charge in [-0.25, -0.2) is 9.59 Å². The normalized spacial score (nSPS) is 10.9. The quantitative estimate of drug-likeness (QED) is 0.401. The number of imide groups is 1. The summed E-state index contributed by atoms with van der Waals surface area (Å²) in [5, 5.41) is 4.64. The summed E-state index contributed by atoms with van der Waals surface area (Å²) in [6.07, 6.45) is 4.29. The van der Waals surface area contributed by atoms with Crippen molar-refractivity contribution in [2.75, 3.05) is 20.3 Å². The van der Waals surface area contributed by atoms with Crippen LogP contribution >= 0.6 is 0 Å². The van der Waals surface area contributed by atoms with E-state index >= 15 is 0 Å². The molecule has 0 spiro atoms. The molecular formula is C20H26N2O6. The molecule has 8 nitrogen and oxygen atoms in total. The molecule has 0 aliphatic heterocycles. The fourth-order valence-corrected chi connectivity index (χ4v) is 1.94. The SMILES string of the molecule is C=CCOc1ccc(/C=C/C(=O)OCC(=O)NC(=O)NC(C)(C)C)cc1OC. The Labute approximate surface area is 164 Å². The van der Waals surface area contributed by atoms with E-state index in [4.69, 9.17) is 14.2 Å². The van der Waals surface area contributed by atoms with Crippen LogP contribution in [0.4, 0.5) is 4.79 Å². The second-order valence-corrected chi connectivity index (χ2v) is 6.70. The molecule has 2 N–H and O–H groups in total. The second-order valence-electron chi connectivity index (χ2n) is 6.70. The summed E-state index contributed by atoms with van der Waals surface area (Å²) in [5.74, 6) is -0.403. The van der Waals surface area contributed by atoms with Gasteiger partial charge in [-0.15, -0.1) is 0 Å². The fraction of sp³-hybridized carbons (Fsp3) is 0.350. The molecule has 3 amide bonds. The topological polar surface area (TPSA) is 103 Å². The summed E-state index contributed by atoms with van der Waals surface area (Å²) in [5.41, 5.74) is 0.186. The predicted octanol–water partition coefficient (Wildman–Crippen LogP) is 2.44. The Morgan fingerprint density at radius 2 is 1.89 bits per heavy atom. The Kier molecular flexibility index (Phi) is 8.74. The first-order valence-electron chi connectivity index (χ1n) is 8.53. The van der Waals surface area contributed by atoms with E-state index in [0.717, 1.165) is 0 Å². The van der Waals surface area contributed by atoms with Crippen LogP contribution in [0.2, 0.25) is 0 Å². The van der Waals surface area contributed by atoms with Crippen LogP contribution in [0.5, 0.6) is 11.5 Å². The average molecular weight is 390 g/mol. The van der Waals surface area contributed by atoms with Gasteiger partial charge in [0.05, 0.1) is 7.11 Å².